The zero-order valence-corrected chi connectivity index (χ0v) is 19.1. The molecule has 1 spiro atoms. The smallest absolute Gasteiger partial charge is 0.311 e. The van der Waals surface area contributed by atoms with Gasteiger partial charge in [-0.2, -0.15) is 0 Å². The lowest BCUT2D eigenvalue weighted by Gasteiger charge is -2.36. The summed E-state index contributed by atoms with van der Waals surface area (Å²) in [5.41, 5.74) is 0. The van der Waals surface area contributed by atoms with Gasteiger partial charge in [-0.1, -0.05) is 24.3 Å². The third-order valence-electron chi connectivity index (χ3n) is 6.83. The zero-order chi connectivity index (χ0) is 22.2. The molecule has 0 bridgehead atoms. The molecular formula is C23H32N2O5S. The normalized spacial score (nSPS) is 34.9. The van der Waals surface area contributed by atoms with Crippen LogP contribution in [0.4, 0.5) is 0 Å². The Hall–Kier alpha value is -1.80. The minimum atomic E-state index is -0.766. The van der Waals surface area contributed by atoms with Gasteiger partial charge in [0.05, 0.1) is 23.2 Å². The van der Waals surface area contributed by atoms with Crippen molar-refractivity contribution in [1.82, 2.24) is 9.80 Å². The zero-order valence-electron chi connectivity index (χ0n) is 18.2. The molecule has 2 fully saturated rings. The third kappa shape index (κ3) is 3.71. The maximum absolute atomic E-state index is 13.8. The number of aliphatic hydroxyl groups is 1. The van der Waals surface area contributed by atoms with Gasteiger partial charge < -0.3 is 19.6 Å². The number of nitrogens with zero attached hydrogens (tertiary/aromatic N) is 2. The molecule has 1 N–H and O–H groups in total. The van der Waals surface area contributed by atoms with Crippen LogP contribution < -0.4 is 0 Å². The largest absolute Gasteiger partial charge is 0.465 e. The van der Waals surface area contributed by atoms with Gasteiger partial charge >= 0.3 is 5.97 Å². The summed E-state index contributed by atoms with van der Waals surface area (Å²) in [4.78, 5) is 44.1. The molecule has 0 aromatic heterocycles. The minimum absolute atomic E-state index is 0.0163. The van der Waals surface area contributed by atoms with Crippen molar-refractivity contribution < 1.29 is 24.2 Å². The quantitative estimate of drug-likeness (QED) is 0.379. The fourth-order valence-electron chi connectivity index (χ4n) is 5.40. The summed E-state index contributed by atoms with van der Waals surface area (Å²) in [5.74, 6) is -1.68. The summed E-state index contributed by atoms with van der Waals surface area (Å²) >= 11 is 1.58. The fourth-order valence-corrected chi connectivity index (χ4v) is 7.40. The maximum Gasteiger partial charge on any atom is 0.311 e. The molecule has 0 aliphatic carbocycles. The SMILES string of the molecule is CC(C)N1CC=C[C@]23S[C@@H]4C=CCCOC(=O)[C@@H]4[C@H]2C(=O)N(CCCCCO)C3C1=O. The molecular weight excluding hydrogens is 416 g/mol. The summed E-state index contributed by atoms with van der Waals surface area (Å²) in [6, 6.07) is -0.609. The van der Waals surface area contributed by atoms with E-state index in [4.69, 9.17) is 9.84 Å². The van der Waals surface area contributed by atoms with Gasteiger partial charge in [0.15, 0.2) is 0 Å². The molecule has 2 saturated heterocycles. The Balaban J connectivity index is 1.75. The average Bonchev–Trinajstić information content (AvgIpc) is 3.09. The summed E-state index contributed by atoms with van der Waals surface area (Å²) in [6.07, 6.45) is 10.9. The number of unbranched alkanes of at least 4 members (excludes halogenated alkanes) is 2. The fraction of sp³-hybridized carbons (Fsp3) is 0.696. The van der Waals surface area contributed by atoms with Crippen molar-refractivity contribution >= 4 is 29.5 Å². The molecule has 0 aromatic carbocycles. The number of likely N-dealkylation sites (tertiary alicyclic amines) is 1. The van der Waals surface area contributed by atoms with Crippen molar-refractivity contribution in [3.05, 3.63) is 24.3 Å². The highest BCUT2D eigenvalue weighted by Gasteiger charge is 2.70. The Morgan fingerprint density at radius 1 is 1.19 bits per heavy atom. The van der Waals surface area contributed by atoms with E-state index in [0.29, 0.717) is 39.0 Å². The highest BCUT2D eigenvalue weighted by Crippen LogP contribution is 2.60. The summed E-state index contributed by atoms with van der Waals surface area (Å²) in [6.45, 7) is 5.37. The van der Waals surface area contributed by atoms with Crippen LogP contribution >= 0.6 is 11.8 Å². The van der Waals surface area contributed by atoms with Gasteiger partial charge in [-0.25, -0.2) is 0 Å². The number of hydrogen-bond donors (Lipinski definition) is 1. The molecule has 4 aliphatic heterocycles. The Kier molecular flexibility index (Phi) is 6.49. The van der Waals surface area contributed by atoms with Crippen LogP contribution in [-0.4, -0.2) is 81.1 Å². The molecule has 2 amide bonds. The molecule has 8 heteroatoms. The second-order valence-electron chi connectivity index (χ2n) is 9.03. The molecule has 4 aliphatic rings. The van der Waals surface area contributed by atoms with Gasteiger partial charge in [0, 0.05) is 31.0 Å². The van der Waals surface area contributed by atoms with Crippen molar-refractivity contribution in [2.75, 3.05) is 26.3 Å². The highest BCUT2D eigenvalue weighted by atomic mass is 32.2. The molecule has 0 saturated carbocycles. The lowest BCUT2D eigenvalue weighted by Crippen LogP contribution is -2.54. The van der Waals surface area contributed by atoms with E-state index in [1.165, 1.54) is 0 Å². The molecule has 31 heavy (non-hydrogen) atoms. The van der Waals surface area contributed by atoms with Gasteiger partial charge in [-0.3, -0.25) is 14.4 Å². The standard InChI is InChI=1S/C23H32N2O5S/c1-15(2)24-12-8-10-23-18(17-16(31-23)9-4-7-14-30-22(17)29)20(27)25(19(23)21(24)28)11-5-3-6-13-26/h4,8-10,15-19,26H,3,5-7,11-14H2,1-2H3/t16-,17+,18+,19?,23+/m1/s1. The number of hydrogen-bond acceptors (Lipinski definition) is 6. The molecule has 4 rings (SSSR count). The molecule has 170 valence electrons. The van der Waals surface area contributed by atoms with Crippen molar-refractivity contribution in [2.45, 2.75) is 61.6 Å². The number of aliphatic hydroxyl groups excluding tert-OH is 1. The third-order valence-corrected chi connectivity index (χ3v) is 8.58. The number of thioether (sulfide) groups is 1. The molecule has 5 atom stereocenters. The van der Waals surface area contributed by atoms with Crippen LogP contribution in [0, 0.1) is 11.8 Å². The summed E-state index contributed by atoms with van der Waals surface area (Å²) in [7, 11) is 0. The average molecular weight is 449 g/mol. The predicted molar refractivity (Wildman–Crippen MR) is 118 cm³/mol. The number of ether oxygens (including phenoxy) is 1. The number of rotatable bonds is 6. The van der Waals surface area contributed by atoms with Crippen molar-refractivity contribution in [3.63, 3.8) is 0 Å². The van der Waals surface area contributed by atoms with Crippen LogP contribution in [0.5, 0.6) is 0 Å². The van der Waals surface area contributed by atoms with Crippen LogP contribution in [0.1, 0.15) is 39.5 Å². The summed E-state index contributed by atoms with van der Waals surface area (Å²) < 4.78 is 4.71. The van der Waals surface area contributed by atoms with Crippen molar-refractivity contribution in [2.24, 2.45) is 11.8 Å². The Morgan fingerprint density at radius 3 is 2.74 bits per heavy atom. The first-order valence-corrected chi connectivity index (χ1v) is 12.2. The second kappa shape index (κ2) is 8.98. The van der Waals surface area contributed by atoms with Crippen LogP contribution in [0.3, 0.4) is 0 Å². The number of carbonyl (C=O) groups excluding carboxylic acids is 3. The second-order valence-corrected chi connectivity index (χ2v) is 10.5. The van der Waals surface area contributed by atoms with E-state index in [1.807, 2.05) is 43.1 Å². The van der Waals surface area contributed by atoms with E-state index in [-0.39, 0.29) is 35.7 Å². The first-order chi connectivity index (χ1) is 14.9. The lowest BCUT2D eigenvalue weighted by atomic mass is 9.78. The van der Waals surface area contributed by atoms with E-state index < -0.39 is 22.6 Å². The van der Waals surface area contributed by atoms with Gasteiger partial charge in [0.25, 0.3) is 0 Å². The number of amides is 2. The predicted octanol–water partition coefficient (Wildman–Crippen LogP) is 1.76. The Bertz CT molecular complexity index is 797. The van der Waals surface area contributed by atoms with E-state index in [2.05, 4.69) is 0 Å². The number of carbonyl (C=O) groups is 3. The lowest BCUT2D eigenvalue weighted by molar-refractivity contribution is -0.153. The Morgan fingerprint density at radius 2 is 2.00 bits per heavy atom. The van der Waals surface area contributed by atoms with Crippen molar-refractivity contribution in [3.8, 4) is 0 Å². The number of fused-ring (bicyclic) bond motifs is 2. The monoisotopic (exact) mass is 448 g/mol. The topological polar surface area (TPSA) is 87.2 Å². The molecule has 1 unspecified atom stereocenters. The van der Waals surface area contributed by atoms with Crippen LogP contribution in [-0.2, 0) is 19.1 Å². The van der Waals surface area contributed by atoms with Crippen LogP contribution in [0.15, 0.2) is 24.3 Å². The number of esters is 1. The van der Waals surface area contributed by atoms with Gasteiger partial charge in [0.2, 0.25) is 11.8 Å². The van der Waals surface area contributed by atoms with E-state index in [1.54, 1.807) is 16.7 Å². The maximum atomic E-state index is 13.8. The van der Waals surface area contributed by atoms with Crippen molar-refractivity contribution in [1.29, 1.82) is 0 Å². The molecule has 7 nitrogen and oxygen atoms in total. The van der Waals surface area contributed by atoms with Gasteiger partial charge in [0.1, 0.15) is 6.04 Å². The van der Waals surface area contributed by atoms with E-state index >= 15 is 0 Å². The van der Waals surface area contributed by atoms with E-state index in [9.17, 15) is 14.4 Å². The first-order valence-electron chi connectivity index (χ1n) is 11.3. The van der Waals surface area contributed by atoms with Crippen LogP contribution in [0.25, 0.3) is 0 Å². The Labute approximate surface area is 187 Å². The molecule has 0 radical (unpaired) electrons. The number of cyclic esters (lactones) is 1. The highest BCUT2D eigenvalue weighted by molar-refractivity contribution is 8.02. The van der Waals surface area contributed by atoms with Gasteiger partial charge in [-0.05, 0) is 39.5 Å². The van der Waals surface area contributed by atoms with E-state index in [0.717, 1.165) is 6.42 Å². The minimum Gasteiger partial charge on any atom is -0.465 e. The van der Waals surface area contributed by atoms with Gasteiger partial charge in [-0.15, -0.1) is 11.8 Å². The molecule has 0 aromatic rings. The first kappa shape index (κ1) is 22.4. The summed E-state index contributed by atoms with van der Waals surface area (Å²) in [5, 5.41) is 8.92. The van der Waals surface area contributed by atoms with Crippen LogP contribution in [0.2, 0.25) is 0 Å². The molecule has 4 heterocycles.